The Morgan fingerprint density at radius 2 is 2.00 bits per heavy atom. The number of anilines is 1. The monoisotopic (exact) mass is 371 g/mol. The summed E-state index contributed by atoms with van der Waals surface area (Å²) in [6, 6.07) is 5.40. The van der Waals surface area contributed by atoms with E-state index in [2.05, 4.69) is 15.4 Å². The summed E-state index contributed by atoms with van der Waals surface area (Å²) in [5.41, 5.74) is 9.25. The molecule has 1 aromatic carbocycles. The Labute approximate surface area is 155 Å². The van der Waals surface area contributed by atoms with E-state index in [0.717, 1.165) is 29.0 Å². The highest BCUT2D eigenvalue weighted by Gasteiger charge is 2.12. The molecule has 0 unspecified atom stereocenters. The van der Waals surface area contributed by atoms with Crippen LogP contribution in [0.5, 0.6) is 0 Å². The summed E-state index contributed by atoms with van der Waals surface area (Å²) < 4.78 is 27.8. The fourth-order valence-electron chi connectivity index (χ4n) is 2.82. The first-order valence-corrected chi connectivity index (χ1v) is 8.30. The third-order valence-corrected chi connectivity index (χ3v) is 4.22. The number of pyridine rings is 1. The lowest BCUT2D eigenvalue weighted by molar-refractivity contribution is 0.0950. The van der Waals surface area contributed by atoms with Crippen molar-refractivity contribution >= 4 is 11.7 Å². The number of carbonyl (C=O) groups excluding carboxylic acids is 1. The highest BCUT2D eigenvalue weighted by Crippen LogP contribution is 2.15. The van der Waals surface area contributed by atoms with Gasteiger partial charge in [-0.15, -0.1) is 0 Å². The average Bonchev–Trinajstić information content (AvgIpc) is 3.05. The number of hydrogen-bond donors (Lipinski definition) is 2. The van der Waals surface area contributed by atoms with Gasteiger partial charge in [0.1, 0.15) is 5.82 Å². The van der Waals surface area contributed by atoms with E-state index in [1.807, 2.05) is 13.8 Å². The number of benzene rings is 1. The van der Waals surface area contributed by atoms with Crippen molar-refractivity contribution in [2.24, 2.45) is 0 Å². The van der Waals surface area contributed by atoms with Gasteiger partial charge in [0.15, 0.2) is 11.6 Å². The Kier molecular flexibility index (Phi) is 5.16. The molecule has 2 heterocycles. The van der Waals surface area contributed by atoms with Crippen LogP contribution >= 0.6 is 0 Å². The first kappa shape index (κ1) is 18.5. The maximum atomic E-state index is 13.3. The zero-order valence-electron chi connectivity index (χ0n) is 15.0. The number of hydrogen-bond acceptors (Lipinski definition) is 4. The number of carbonyl (C=O) groups is 1. The number of aromatic nitrogens is 3. The van der Waals surface area contributed by atoms with E-state index in [1.54, 1.807) is 12.3 Å². The number of nitrogen functional groups attached to an aromatic ring is 1. The maximum absolute atomic E-state index is 13.3. The van der Waals surface area contributed by atoms with E-state index < -0.39 is 11.6 Å². The van der Waals surface area contributed by atoms with Gasteiger partial charge in [0.2, 0.25) is 0 Å². The highest BCUT2D eigenvalue weighted by atomic mass is 19.2. The molecule has 0 spiro atoms. The Bertz CT molecular complexity index is 977. The van der Waals surface area contributed by atoms with Crippen molar-refractivity contribution in [3.05, 3.63) is 76.2 Å². The van der Waals surface area contributed by atoms with Gasteiger partial charge in [-0.05, 0) is 48.7 Å². The number of aryl methyl sites for hydroxylation is 2. The fraction of sp³-hybridized carbons (Fsp3) is 0.211. The summed E-state index contributed by atoms with van der Waals surface area (Å²) in [6.07, 6.45) is 2.98. The van der Waals surface area contributed by atoms with Crippen LogP contribution < -0.4 is 11.1 Å². The zero-order chi connectivity index (χ0) is 19.6. The molecular weight excluding hydrogens is 352 g/mol. The third-order valence-electron chi connectivity index (χ3n) is 4.22. The molecule has 0 saturated carbocycles. The molecule has 0 bridgehead atoms. The number of rotatable bonds is 5. The average molecular weight is 371 g/mol. The van der Waals surface area contributed by atoms with Crippen molar-refractivity contribution < 1.29 is 13.6 Å². The highest BCUT2D eigenvalue weighted by molar-refractivity contribution is 5.93. The molecule has 2 aromatic heterocycles. The minimum absolute atomic E-state index is 0.227. The van der Waals surface area contributed by atoms with Crippen molar-refractivity contribution in [2.45, 2.75) is 26.9 Å². The van der Waals surface area contributed by atoms with Crippen molar-refractivity contribution in [2.75, 3.05) is 5.73 Å². The molecule has 3 N–H and O–H groups in total. The minimum atomic E-state index is -0.916. The summed E-state index contributed by atoms with van der Waals surface area (Å²) in [4.78, 5) is 16.6. The van der Waals surface area contributed by atoms with Gasteiger partial charge in [-0.1, -0.05) is 6.07 Å². The van der Waals surface area contributed by atoms with Gasteiger partial charge in [0.25, 0.3) is 5.91 Å². The van der Waals surface area contributed by atoms with Crippen LogP contribution in [0.2, 0.25) is 0 Å². The first-order chi connectivity index (χ1) is 12.8. The zero-order valence-corrected chi connectivity index (χ0v) is 15.0. The summed E-state index contributed by atoms with van der Waals surface area (Å²) in [5.74, 6) is -1.66. The Morgan fingerprint density at radius 3 is 2.70 bits per heavy atom. The van der Waals surface area contributed by atoms with Crippen LogP contribution in [0.25, 0.3) is 0 Å². The van der Waals surface area contributed by atoms with E-state index in [0.29, 0.717) is 23.5 Å². The van der Waals surface area contributed by atoms with Crippen molar-refractivity contribution in [1.29, 1.82) is 0 Å². The van der Waals surface area contributed by atoms with Crippen molar-refractivity contribution in [1.82, 2.24) is 20.1 Å². The first-order valence-electron chi connectivity index (χ1n) is 8.30. The SMILES string of the molecule is Cc1cc(N)nc(C)c1CNC(=O)c1cnn(Cc2ccc(F)c(F)c2)c1. The number of amides is 1. The summed E-state index contributed by atoms with van der Waals surface area (Å²) >= 11 is 0. The summed E-state index contributed by atoms with van der Waals surface area (Å²) in [7, 11) is 0. The van der Waals surface area contributed by atoms with Gasteiger partial charge in [0.05, 0.1) is 18.3 Å². The van der Waals surface area contributed by atoms with Crippen LogP contribution in [0.4, 0.5) is 14.6 Å². The topological polar surface area (TPSA) is 85.8 Å². The Hall–Kier alpha value is -3.29. The molecule has 0 saturated heterocycles. The van der Waals surface area contributed by atoms with Gasteiger partial charge in [-0.2, -0.15) is 5.10 Å². The van der Waals surface area contributed by atoms with E-state index >= 15 is 0 Å². The summed E-state index contributed by atoms with van der Waals surface area (Å²) in [6.45, 7) is 4.29. The smallest absolute Gasteiger partial charge is 0.254 e. The molecule has 27 heavy (non-hydrogen) atoms. The second-order valence-corrected chi connectivity index (χ2v) is 6.29. The van der Waals surface area contributed by atoms with E-state index in [1.165, 1.54) is 16.9 Å². The molecule has 140 valence electrons. The lowest BCUT2D eigenvalue weighted by Crippen LogP contribution is -2.23. The number of nitrogens with two attached hydrogens (primary N) is 1. The van der Waals surface area contributed by atoms with Gasteiger partial charge < -0.3 is 11.1 Å². The number of halogens is 2. The molecule has 0 fully saturated rings. The van der Waals surface area contributed by atoms with Crippen LogP contribution in [0.3, 0.4) is 0 Å². The maximum Gasteiger partial charge on any atom is 0.254 e. The van der Waals surface area contributed by atoms with Gasteiger partial charge >= 0.3 is 0 Å². The number of nitrogens with zero attached hydrogens (tertiary/aromatic N) is 3. The lowest BCUT2D eigenvalue weighted by atomic mass is 10.1. The van der Waals surface area contributed by atoms with E-state index in [9.17, 15) is 13.6 Å². The second kappa shape index (κ2) is 7.53. The van der Waals surface area contributed by atoms with Crippen molar-refractivity contribution in [3.8, 4) is 0 Å². The van der Waals surface area contributed by atoms with Crippen LogP contribution in [-0.4, -0.2) is 20.7 Å². The largest absolute Gasteiger partial charge is 0.384 e. The number of nitrogens with one attached hydrogen (secondary N) is 1. The predicted octanol–water partition coefficient (Wildman–Crippen LogP) is 2.73. The molecule has 8 heteroatoms. The van der Waals surface area contributed by atoms with E-state index in [4.69, 9.17) is 5.73 Å². The van der Waals surface area contributed by atoms with Crippen LogP contribution in [0.1, 0.15) is 32.7 Å². The predicted molar refractivity (Wildman–Crippen MR) is 97.0 cm³/mol. The quantitative estimate of drug-likeness (QED) is 0.722. The fourth-order valence-corrected chi connectivity index (χ4v) is 2.82. The molecule has 6 nitrogen and oxygen atoms in total. The molecule has 0 radical (unpaired) electrons. The van der Waals surface area contributed by atoms with Gasteiger partial charge in [-0.25, -0.2) is 13.8 Å². The molecule has 0 aliphatic rings. The molecular formula is C19H19F2N5O. The molecule has 0 atom stereocenters. The minimum Gasteiger partial charge on any atom is -0.384 e. The van der Waals surface area contributed by atoms with Gasteiger partial charge in [0, 0.05) is 18.4 Å². The standard InChI is InChI=1S/C19H19F2N5O/c1-11-5-18(22)25-12(2)15(11)8-23-19(27)14-7-24-26(10-14)9-13-3-4-16(20)17(21)6-13/h3-7,10H,8-9H2,1-2H3,(H2,22,25)(H,23,27). The van der Waals surface area contributed by atoms with Crippen LogP contribution in [-0.2, 0) is 13.1 Å². The van der Waals surface area contributed by atoms with Crippen LogP contribution in [0, 0.1) is 25.5 Å². The Balaban J connectivity index is 1.65. The van der Waals surface area contributed by atoms with Crippen molar-refractivity contribution in [3.63, 3.8) is 0 Å². The third kappa shape index (κ3) is 4.28. The molecule has 1 amide bonds. The molecule has 0 aliphatic heterocycles. The normalized spacial score (nSPS) is 10.8. The molecule has 0 aliphatic carbocycles. The summed E-state index contributed by atoms with van der Waals surface area (Å²) in [5, 5.41) is 6.92. The molecule has 3 aromatic rings. The second-order valence-electron chi connectivity index (χ2n) is 6.29. The Morgan fingerprint density at radius 1 is 1.22 bits per heavy atom. The molecule has 3 rings (SSSR count). The van der Waals surface area contributed by atoms with Crippen LogP contribution in [0.15, 0.2) is 36.7 Å². The van der Waals surface area contributed by atoms with E-state index in [-0.39, 0.29) is 12.5 Å². The van der Waals surface area contributed by atoms with Gasteiger partial charge in [-0.3, -0.25) is 9.48 Å². The lowest BCUT2D eigenvalue weighted by Gasteiger charge is -2.11.